The molecule has 3 fully saturated rings. The molecule has 2 aliphatic carbocycles. The SMILES string of the molecule is CCO[C@H]1CCC[C@@H]1NC(=O)[C@@H]1CNC[C@H](C(=O)N(c2ccc3c(c2)N(CCCOC)C(O)C(C)(C)O3)C2CC2)C1. The minimum Gasteiger partial charge on any atom is -0.481 e. The van der Waals surface area contributed by atoms with Crippen LogP contribution < -0.4 is 25.2 Å². The largest absolute Gasteiger partial charge is 0.481 e. The molecule has 2 amide bonds. The Morgan fingerprint density at radius 1 is 1.20 bits per heavy atom. The molecule has 0 aromatic heterocycles. The summed E-state index contributed by atoms with van der Waals surface area (Å²) in [5, 5.41) is 17.8. The normalized spacial score (nSPS) is 29.0. The number of hydrogen-bond donors (Lipinski definition) is 3. The molecule has 228 valence electrons. The molecule has 3 N–H and O–H groups in total. The molecular formula is C31H48N4O6. The lowest BCUT2D eigenvalue weighted by Crippen LogP contribution is -2.56. The molecule has 1 aromatic rings. The smallest absolute Gasteiger partial charge is 0.231 e. The number of rotatable bonds is 11. The zero-order valence-corrected chi connectivity index (χ0v) is 25.1. The molecule has 0 radical (unpaired) electrons. The van der Waals surface area contributed by atoms with E-state index >= 15 is 0 Å². The van der Waals surface area contributed by atoms with Gasteiger partial charge in [0.1, 0.15) is 11.4 Å². The van der Waals surface area contributed by atoms with Crippen LogP contribution in [0, 0.1) is 11.8 Å². The van der Waals surface area contributed by atoms with E-state index in [-0.39, 0.29) is 41.8 Å². The summed E-state index contributed by atoms with van der Waals surface area (Å²) in [7, 11) is 1.67. The van der Waals surface area contributed by atoms with Crippen molar-refractivity contribution < 1.29 is 28.9 Å². The van der Waals surface area contributed by atoms with Crippen molar-refractivity contribution in [2.75, 3.05) is 49.8 Å². The number of aliphatic hydroxyl groups is 1. The monoisotopic (exact) mass is 572 g/mol. The maximum atomic E-state index is 14.1. The summed E-state index contributed by atoms with van der Waals surface area (Å²) in [6, 6.07) is 6.03. The number of nitrogens with zero attached hydrogens (tertiary/aromatic N) is 2. The first kappa shape index (κ1) is 30.1. The second-order valence-electron chi connectivity index (χ2n) is 12.5. The number of aliphatic hydroxyl groups excluding tert-OH is 1. The van der Waals surface area contributed by atoms with E-state index < -0.39 is 11.8 Å². The third-order valence-corrected chi connectivity index (χ3v) is 8.95. The number of carbonyl (C=O) groups excluding carboxylic acids is 2. The Morgan fingerprint density at radius 2 is 1.98 bits per heavy atom. The standard InChI is InChI=1S/C31H48N4O6/c1-5-40-26-9-6-8-24(26)33-28(36)20-16-21(19-32-18-20)29(37)35(22-10-11-22)23-12-13-27-25(17-23)34(14-7-15-39-4)30(38)31(2,3)41-27/h12-13,17,20-22,24,26,30,32,38H,5-11,14-16,18-19H2,1-4H3,(H,33,36)/t20-,21+,24-,26-,30?/m0/s1. The van der Waals surface area contributed by atoms with Gasteiger partial charge in [0.15, 0.2) is 6.23 Å². The van der Waals surface area contributed by atoms with Gasteiger partial charge in [-0.1, -0.05) is 0 Å². The number of carbonyl (C=O) groups is 2. The summed E-state index contributed by atoms with van der Waals surface area (Å²) in [6.45, 7) is 8.71. The first-order chi connectivity index (χ1) is 19.7. The average molecular weight is 573 g/mol. The van der Waals surface area contributed by atoms with Gasteiger partial charge in [-0.15, -0.1) is 0 Å². The predicted molar refractivity (Wildman–Crippen MR) is 157 cm³/mol. The van der Waals surface area contributed by atoms with Gasteiger partial charge in [0.25, 0.3) is 0 Å². The zero-order valence-electron chi connectivity index (χ0n) is 25.1. The van der Waals surface area contributed by atoms with Crippen LogP contribution in [-0.2, 0) is 19.1 Å². The van der Waals surface area contributed by atoms with E-state index in [9.17, 15) is 14.7 Å². The summed E-state index contributed by atoms with van der Waals surface area (Å²) in [5.74, 6) is 0.207. The lowest BCUT2D eigenvalue weighted by molar-refractivity contribution is -0.129. The maximum Gasteiger partial charge on any atom is 0.231 e. The lowest BCUT2D eigenvalue weighted by atomic mass is 9.88. The molecule has 10 nitrogen and oxygen atoms in total. The van der Waals surface area contributed by atoms with Crippen LogP contribution in [0.4, 0.5) is 11.4 Å². The molecule has 5 atom stereocenters. The number of piperidine rings is 1. The number of hydrogen-bond acceptors (Lipinski definition) is 8. The van der Waals surface area contributed by atoms with Crippen LogP contribution >= 0.6 is 0 Å². The van der Waals surface area contributed by atoms with Crippen molar-refractivity contribution in [1.82, 2.24) is 10.6 Å². The van der Waals surface area contributed by atoms with Gasteiger partial charge in [-0.05, 0) is 83.9 Å². The van der Waals surface area contributed by atoms with Crippen LogP contribution in [0.15, 0.2) is 18.2 Å². The summed E-state index contributed by atoms with van der Waals surface area (Å²) < 4.78 is 17.3. The van der Waals surface area contributed by atoms with E-state index in [0.29, 0.717) is 45.0 Å². The topological polar surface area (TPSA) is 113 Å². The first-order valence-electron chi connectivity index (χ1n) is 15.5. The summed E-state index contributed by atoms with van der Waals surface area (Å²) in [6.07, 6.45) is 5.40. The Morgan fingerprint density at radius 3 is 2.71 bits per heavy atom. The van der Waals surface area contributed by atoms with Gasteiger partial charge < -0.3 is 39.8 Å². The molecule has 4 aliphatic rings. The maximum absolute atomic E-state index is 14.1. The van der Waals surface area contributed by atoms with E-state index in [1.165, 1.54) is 0 Å². The molecule has 2 aliphatic heterocycles. The van der Waals surface area contributed by atoms with E-state index in [1.807, 2.05) is 48.8 Å². The highest BCUT2D eigenvalue weighted by molar-refractivity contribution is 5.97. The minimum atomic E-state index is -0.837. The van der Waals surface area contributed by atoms with Gasteiger partial charge in [-0.2, -0.15) is 0 Å². The van der Waals surface area contributed by atoms with Crippen molar-refractivity contribution in [2.24, 2.45) is 11.8 Å². The molecule has 10 heteroatoms. The number of anilines is 2. The first-order valence-corrected chi connectivity index (χ1v) is 15.5. The second kappa shape index (κ2) is 12.9. The predicted octanol–water partition coefficient (Wildman–Crippen LogP) is 2.81. The number of methoxy groups -OCH3 is 1. The molecule has 1 aromatic carbocycles. The Hall–Kier alpha value is -2.40. The summed E-state index contributed by atoms with van der Waals surface area (Å²) in [4.78, 5) is 31.2. The quantitative estimate of drug-likeness (QED) is 0.347. The highest BCUT2D eigenvalue weighted by Gasteiger charge is 2.43. The number of amides is 2. The van der Waals surface area contributed by atoms with Crippen LogP contribution in [0.25, 0.3) is 0 Å². The molecular weight excluding hydrogens is 524 g/mol. The van der Waals surface area contributed by atoms with E-state index in [4.69, 9.17) is 14.2 Å². The fourth-order valence-corrected chi connectivity index (χ4v) is 6.61. The zero-order chi connectivity index (χ0) is 29.1. The molecule has 0 bridgehead atoms. The molecule has 5 rings (SSSR count). The van der Waals surface area contributed by atoms with E-state index in [2.05, 4.69) is 10.6 Å². The fourth-order valence-electron chi connectivity index (χ4n) is 6.61. The number of benzene rings is 1. The summed E-state index contributed by atoms with van der Waals surface area (Å²) in [5.41, 5.74) is 0.807. The number of nitrogens with one attached hydrogen (secondary N) is 2. The lowest BCUT2D eigenvalue weighted by Gasteiger charge is -2.45. The number of fused-ring (bicyclic) bond motifs is 1. The van der Waals surface area contributed by atoms with Gasteiger partial charge in [0.05, 0.1) is 29.7 Å². The Labute approximate surface area is 244 Å². The van der Waals surface area contributed by atoms with Crippen LogP contribution in [0.2, 0.25) is 0 Å². The molecule has 0 spiro atoms. The molecule has 2 saturated carbocycles. The highest BCUT2D eigenvalue weighted by Crippen LogP contribution is 2.44. The minimum absolute atomic E-state index is 0.0128. The molecule has 41 heavy (non-hydrogen) atoms. The van der Waals surface area contributed by atoms with Gasteiger partial charge in [0.2, 0.25) is 11.8 Å². The average Bonchev–Trinajstić information content (AvgIpc) is 3.70. The van der Waals surface area contributed by atoms with E-state index in [1.54, 1.807) is 7.11 Å². The van der Waals surface area contributed by atoms with Crippen LogP contribution in [-0.4, -0.2) is 86.9 Å². The van der Waals surface area contributed by atoms with Crippen molar-refractivity contribution in [1.29, 1.82) is 0 Å². The van der Waals surface area contributed by atoms with Gasteiger partial charge in [0, 0.05) is 51.7 Å². The third kappa shape index (κ3) is 6.66. The van der Waals surface area contributed by atoms with Gasteiger partial charge >= 0.3 is 0 Å². The van der Waals surface area contributed by atoms with Crippen molar-refractivity contribution >= 4 is 23.2 Å². The van der Waals surface area contributed by atoms with Gasteiger partial charge in [-0.3, -0.25) is 9.59 Å². The Kier molecular flexibility index (Phi) is 9.43. The fraction of sp³-hybridized carbons (Fsp3) is 0.742. The van der Waals surface area contributed by atoms with Crippen molar-refractivity contribution in [2.45, 2.75) is 95.7 Å². The van der Waals surface area contributed by atoms with Crippen LogP contribution in [0.3, 0.4) is 0 Å². The third-order valence-electron chi connectivity index (χ3n) is 8.95. The summed E-state index contributed by atoms with van der Waals surface area (Å²) >= 11 is 0. The molecule has 1 unspecified atom stereocenters. The van der Waals surface area contributed by atoms with E-state index in [0.717, 1.165) is 49.9 Å². The Bertz CT molecular complexity index is 1080. The number of ether oxygens (including phenoxy) is 3. The highest BCUT2D eigenvalue weighted by atomic mass is 16.5. The molecule has 1 saturated heterocycles. The molecule has 2 heterocycles. The van der Waals surface area contributed by atoms with Crippen LogP contribution in [0.1, 0.15) is 65.7 Å². The second-order valence-corrected chi connectivity index (χ2v) is 12.5. The van der Waals surface area contributed by atoms with Crippen molar-refractivity contribution in [3.63, 3.8) is 0 Å². The van der Waals surface area contributed by atoms with Crippen LogP contribution in [0.5, 0.6) is 5.75 Å². The van der Waals surface area contributed by atoms with Crippen molar-refractivity contribution in [3.05, 3.63) is 18.2 Å². The Balaban J connectivity index is 1.31. The van der Waals surface area contributed by atoms with Gasteiger partial charge in [-0.25, -0.2) is 0 Å². The van der Waals surface area contributed by atoms with Crippen molar-refractivity contribution in [3.8, 4) is 5.75 Å².